The predicted octanol–water partition coefficient (Wildman–Crippen LogP) is 3.11. The van der Waals surface area contributed by atoms with E-state index in [1.165, 1.54) is 0 Å². The Labute approximate surface area is 129 Å². The van der Waals surface area contributed by atoms with E-state index in [0.29, 0.717) is 26.4 Å². The molecule has 21 heavy (non-hydrogen) atoms. The van der Waals surface area contributed by atoms with E-state index in [9.17, 15) is 9.79 Å². The average molecular weight is 346 g/mol. The molecule has 0 radical (unpaired) electrons. The van der Waals surface area contributed by atoms with Crippen LogP contribution in [-0.4, -0.2) is 49.4 Å². The van der Waals surface area contributed by atoms with Gasteiger partial charge < -0.3 is 32.6 Å². The van der Waals surface area contributed by atoms with E-state index in [1.807, 2.05) is 13.8 Å². The van der Waals surface area contributed by atoms with Crippen LogP contribution in [0.15, 0.2) is 0 Å². The summed E-state index contributed by atoms with van der Waals surface area (Å²) in [6.07, 6.45) is 3.84. The van der Waals surface area contributed by atoms with E-state index in [1.54, 1.807) is 0 Å². The fourth-order valence-electron chi connectivity index (χ4n) is 1.10. The van der Waals surface area contributed by atoms with E-state index in [4.69, 9.17) is 22.8 Å². The fraction of sp³-hybridized carbons (Fsp3) is 1.00. The fourth-order valence-corrected chi connectivity index (χ4v) is 2.28. The summed E-state index contributed by atoms with van der Waals surface area (Å²) in [7, 11) is -3.61. The topological polar surface area (TPSA) is 86.6 Å². The molecule has 2 atom stereocenters. The highest BCUT2D eigenvalue weighted by atomic mass is 31.2. The van der Waals surface area contributed by atoms with Crippen LogP contribution in [0, 0.1) is 0 Å². The Morgan fingerprint density at radius 1 is 0.619 bits per heavy atom. The Kier molecular flexibility index (Phi) is 17.4. The SMILES string of the molecule is CCCCOP(O)OCCOCCOP(O)OCCCC. The van der Waals surface area contributed by atoms with Gasteiger partial charge in [0.2, 0.25) is 0 Å². The summed E-state index contributed by atoms with van der Waals surface area (Å²) in [4.78, 5) is 18.7. The molecule has 0 amide bonds. The van der Waals surface area contributed by atoms with Crippen molar-refractivity contribution >= 4 is 17.2 Å². The standard InChI is InChI=1S/C12H28O7P2/c1-3-5-7-16-20(13)18-11-9-15-10-12-19-21(14)17-8-6-4-2/h13-14H,3-12H2,1-2H3. The Hall–Kier alpha value is 0.580. The molecule has 9 heteroatoms. The van der Waals surface area contributed by atoms with E-state index >= 15 is 0 Å². The molecule has 2 unspecified atom stereocenters. The summed E-state index contributed by atoms with van der Waals surface area (Å²) in [5, 5.41) is 0. The predicted molar refractivity (Wildman–Crippen MR) is 82.7 cm³/mol. The zero-order valence-electron chi connectivity index (χ0n) is 12.9. The second-order valence-electron chi connectivity index (χ2n) is 4.13. The summed E-state index contributed by atoms with van der Waals surface area (Å²) in [5.74, 6) is 0. The molecule has 0 aliphatic rings. The molecular weight excluding hydrogens is 318 g/mol. The Bertz CT molecular complexity index is 192. The zero-order chi connectivity index (χ0) is 15.8. The molecule has 0 aliphatic carbocycles. The van der Waals surface area contributed by atoms with Gasteiger partial charge in [0.1, 0.15) is 0 Å². The molecule has 0 rings (SSSR count). The van der Waals surface area contributed by atoms with Crippen LogP contribution in [0.4, 0.5) is 0 Å². The molecule has 0 bridgehead atoms. The van der Waals surface area contributed by atoms with Gasteiger partial charge in [-0.15, -0.1) is 0 Å². The number of ether oxygens (including phenoxy) is 1. The van der Waals surface area contributed by atoms with Crippen molar-refractivity contribution in [3.63, 3.8) is 0 Å². The first-order valence-electron chi connectivity index (χ1n) is 7.28. The van der Waals surface area contributed by atoms with Crippen molar-refractivity contribution in [3.05, 3.63) is 0 Å². The van der Waals surface area contributed by atoms with E-state index < -0.39 is 17.2 Å². The van der Waals surface area contributed by atoms with E-state index in [0.717, 1.165) is 25.7 Å². The van der Waals surface area contributed by atoms with Crippen LogP contribution >= 0.6 is 17.2 Å². The highest BCUT2D eigenvalue weighted by Gasteiger charge is 2.07. The lowest BCUT2D eigenvalue weighted by Gasteiger charge is -2.12. The molecule has 0 aromatic heterocycles. The Morgan fingerprint density at radius 2 is 1.00 bits per heavy atom. The van der Waals surface area contributed by atoms with Gasteiger partial charge in [-0.3, -0.25) is 0 Å². The van der Waals surface area contributed by atoms with Crippen molar-refractivity contribution in [2.24, 2.45) is 0 Å². The first-order chi connectivity index (χ1) is 10.2. The summed E-state index contributed by atoms with van der Waals surface area (Å²) < 4.78 is 25.4. The molecule has 0 spiro atoms. The minimum atomic E-state index is -1.80. The third kappa shape index (κ3) is 16.8. The molecule has 0 saturated heterocycles. The lowest BCUT2D eigenvalue weighted by Crippen LogP contribution is -2.08. The van der Waals surface area contributed by atoms with Crippen LogP contribution in [0.2, 0.25) is 0 Å². The number of rotatable bonds is 16. The van der Waals surface area contributed by atoms with Crippen molar-refractivity contribution < 1.29 is 32.6 Å². The summed E-state index contributed by atoms with van der Waals surface area (Å²) in [6.45, 7) is 6.29. The van der Waals surface area contributed by atoms with Gasteiger partial charge in [-0.25, -0.2) is 0 Å². The maximum absolute atomic E-state index is 9.35. The Balaban J connectivity index is 3.21. The van der Waals surface area contributed by atoms with Crippen molar-refractivity contribution in [1.29, 1.82) is 0 Å². The van der Waals surface area contributed by atoms with Gasteiger partial charge in [0, 0.05) is 0 Å². The van der Waals surface area contributed by atoms with Crippen molar-refractivity contribution in [2.75, 3.05) is 39.6 Å². The smallest absolute Gasteiger partial charge is 0.329 e. The summed E-state index contributed by atoms with van der Waals surface area (Å²) >= 11 is 0. The molecule has 2 N–H and O–H groups in total. The first-order valence-corrected chi connectivity index (χ1v) is 9.54. The number of unbranched alkanes of at least 4 members (excludes halogenated alkanes) is 2. The van der Waals surface area contributed by atoms with E-state index in [-0.39, 0.29) is 13.2 Å². The monoisotopic (exact) mass is 346 g/mol. The third-order valence-electron chi connectivity index (χ3n) is 2.26. The van der Waals surface area contributed by atoms with Crippen LogP contribution in [0.5, 0.6) is 0 Å². The highest BCUT2D eigenvalue weighted by Crippen LogP contribution is 2.33. The van der Waals surface area contributed by atoms with Crippen LogP contribution < -0.4 is 0 Å². The Morgan fingerprint density at radius 3 is 1.38 bits per heavy atom. The maximum atomic E-state index is 9.35. The van der Waals surface area contributed by atoms with Gasteiger partial charge in [0.15, 0.2) is 0 Å². The number of hydrogen-bond acceptors (Lipinski definition) is 7. The summed E-state index contributed by atoms with van der Waals surface area (Å²) in [5.41, 5.74) is 0. The van der Waals surface area contributed by atoms with Gasteiger partial charge in [-0.05, 0) is 12.8 Å². The molecule has 128 valence electrons. The first kappa shape index (κ1) is 21.6. The second kappa shape index (κ2) is 16.9. The van der Waals surface area contributed by atoms with Crippen LogP contribution in [0.3, 0.4) is 0 Å². The zero-order valence-corrected chi connectivity index (χ0v) is 14.7. The molecule has 0 aliphatic heterocycles. The van der Waals surface area contributed by atoms with Crippen LogP contribution in [-0.2, 0) is 22.8 Å². The average Bonchev–Trinajstić information content (AvgIpc) is 2.47. The van der Waals surface area contributed by atoms with Crippen molar-refractivity contribution in [1.82, 2.24) is 0 Å². The van der Waals surface area contributed by atoms with Gasteiger partial charge in [0.05, 0.1) is 39.6 Å². The number of hydrogen-bond donors (Lipinski definition) is 2. The highest BCUT2D eigenvalue weighted by molar-refractivity contribution is 7.40. The van der Waals surface area contributed by atoms with Crippen molar-refractivity contribution in [3.8, 4) is 0 Å². The molecule has 0 aromatic rings. The molecule has 0 heterocycles. The second-order valence-corrected chi connectivity index (χ2v) is 6.11. The minimum absolute atomic E-state index is 0.259. The minimum Gasteiger partial charge on any atom is -0.377 e. The maximum Gasteiger partial charge on any atom is 0.329 e. The van der Waals surface area contributed by atoms with Gasteiger partial charge in [-0.1, -0.05) is 26.7 Å². The van der Waals surface area contributed by atoms with Gasteiger partial charge in [0.25, 0.3) is 0 Å². The van der Waals surface area contributed by atoms with Gasteiger partial charge >= 0.3 is 17.2 Å². The van der Waals surface area contributed by atoms with Crippen molar-refractivity contribution in [2.45, 2.75) is 39.5 Å². The van der Waals surface area contributed by atoms with E-state index in [2.05, 4.69) is 0 Å². The summed E-state index contributed by atoms with van der Waals surface area (Å²) in [6, 6.07) is 0. The molecular formula is C12H28O7P2. The third-order valence-corrected chi connectivity index (χ3v) is 3.87. The normalized spacial score (nSPS) is 14.3. The quantitative estimate of drug-likeness (QED) is 0.328. The molecule has 0 saturated carbocycles. The molecule has 7 nitrogen and oxygen atoms in total. The molecule has 0 aromatic carbocycles. The lowest BCUT2D eigenvalue weighted by molar-refractivity contribution is 0.0642. The van der Waals surface area contributed by atoms with Crippen LogP contribution in [0.1, 0.15) is 39.5 Å². The van der Waals surface area contributed by atoms with Crippen LogP contribution in [0.25, 0.3) is 0 Å². The lowest BCUT2D eigenvalue weighted by atomic mass is 10.4. The largest absolute Gasteiger partial charge is 0.377 e. The molecule has 0 fully saturated rings. The van der Waals surface area contributed by atoms with Gasteiger partial charge in [-0.2, -0.15) is 0 Å².